The van der Waals surface area contributed by atoms with E-state index in [9.17, 15) is 18.3 Å². The van der Waals surface area contributed by atoms with E-state index in [-0.39, 0.29) is 17.0 Å². The molecule has 0 aliphatic heterocycles. The minimum atomic E-state index is -4.68. The molecule has 0 unspecified atom stereocenters. The van der Waals surface area contributed by atoms with Crippen LogP contribution in [0.15, 0.2) is 48.7 Å². The number of hydrogen-bond donors (Lipinski definition) is 2. The van der Waals surface area contributed by atoms with E-state index < -0.39 is 17.3 Å². The van der Waals surface area contributed by atoms with Crippen molar-refractivity contribution in [1.82, 2.24) is 4.98 Å². The third kappa shape index (κ3) is 2.70. The normalized spacial score (nSPS) is 11.2. The highest BCUT2D eigenvalue weighted by Crippen LogP contribution is 2.39. The van der Waals surface area contributed by atoms with Crippen LogP contribution in [-0.4, -0.2) is 10.1 Å². The predicted molar refractivity (Wildman–Crippen MR) is 82.8 cm³/mol. The minimum absolute atomic E-state index is 0.0713. The van der Waals surface area contributed by atoms with Gasteiger partial charge in [0, 0.05) is 17.3 Å². The number of phenols is 1. The third-order valence-electron chi connectivity index (χ3n) is 3.49. The highest BCUT2D eigenvalue weighted by atomic mass is 19.4. The Morgan fingerprint density at radius 2 is 1.79 bits per heavy atom. The van der Waals surface area contributed by atoms with Gasteiger partial charge in [-0.05, 0) is 24.3 Å². The molecular formula is C17H10F3N3O. The smallest absolute Gasteiger partial charge is 0.419 e. The van der Waals surface area contributed by atoms with Crippen molar-refractivity contribution in [3.05, 3.63) is 59.8 Å². The highest BCUT2D eigenvalue weighted by Gasteiger charge is 2.36. The van der Waals surface area contributed by atoms with E-state index in [1.165, 1.54) is 30.5 Å². The van der Waals surface area contributed by atoms with Crippen LogP contribution in [-0.2, 0) is 6.18 Å². The van der Waals surface area contributed by atoms with Crippen LogP contribution in [0.5, 0.6) is 5.75 Å². The molecule has 4 nitrogen and oxygen atoms in total. The van der Waals surface area contributed by atoms with Crippen LogP contribution in [0.2, 0.25) is 0 Å². The summed E-state index contributed by atoms with van der Waals surface area (Å²) in [5.74, 6) is -0.0713. The van der Waals surface area contributed by atoms with Crippen molar-refractivity contribution < 1.29 is 18.3 Å². The Morgan fingerprint density at radius 3 is 2.50 bits per heavy atom. The molecule has 0 aliphatic rings. The number of nitriles is 1. The van der Waals surface area contributed by atoms with Crippen LogP contribution in [0.3, 0.4) is 0 Å². The number of rotatable bonds is 2. The van der Waals surface area contributed by atoms with Crippen molar-refractivity contribution in [3.63, 3.8) is 0 Å². The van der Waals surface area contributed by atoms with Crippen molar-refractivity contribution in [2.75, 3.05) is 5.32 Å². The lowest BCUT2D eigenvalue weighted by molar-refractivity contribution is -0.137. The maximum Gasteiger partial charge on any atom is 0.419 e. The second-order valence-corrected chi connectivity index (χ2v) is 4.99. The van der Waals surface area contributed by atoms with Gasteiger partial charge in [0.2, 0.25) is 0 Å². The molecule has 7 heteroatoms. The van der Waals surface area contributed by atoms with Crippen molar-refractivity contribution >= 4 is 22.3 Å². The number of fused-ring (bicyclic) bond motifs is 1. The van der Waals surface area contributed by atoms with E-state index in [1.54, 1.807) is 18.2 Å². The zero-order chi connectivity index (χ0) is 17.3. The number of nitrogens with zero attached hydrogens (tertiary/aromatic N) is 2. The molecule has 3 rings (SSSR count). The van der Waals surface area contributed by atoms with Gasteiger partial charge in [-0.25, -0.2) is 0 Å². The van der Waals surface area contributed by atoms with Crippen molar-refractivity contribution in [2.45, 2.75) is 6.18 Å². The molecule has 0 fully saturated rings. The fraction of sp³-hybridized carbons (Fsp3) is 0.0588. The summed E-state index contributed by atoms with van der Waals surface area (Å²) in [6.45, 7) is 0. The van der Waals surface area contributed by atoms with Gasteiger partial charge in [0.15, 0.2) is 0 Å². The molecule has 24 heavy (non-hydrogen) atoms. The Labute approximate surface area is 134 Å². The Kier molecular flexibility index (Phi) is 3.73. The molecule has 1 aromatic heterocycles. The van der Waals surface area contributed by atoms with Gasteiger partial charge in [0.25, 0.3) is 0 Å². The maximum absolute atomic E-state index is 13.3. The van der Waals surface area contributed by atoms with E-state index in [0.717, 1.165) is 6.07 Å². The van der Waals surface area contributed by atoms with Gasteiger partial charge < -0.3 is 10.4 Å². The minimum Gasteiger partial charge on any atom is -0.506 e. The molecule has 0 radical (unpaired) electrons. The van der Waals surface area contributed by atoms with E-state index in [0.29, 0.717) is 11.1 Å². The first-order valence-corrected chi connectivity index (χ1v) is 6.86. The number of aromatic hydroxyl groups is 1. The van der Waals surface area contributed by atoms with Gasteiger partial charge in [0.1, 0.15) is 11.3 Å². The average Bonchev–Trinajstić information content (AvgIpc) is 2.54. The maximum atomic E-state index is 13.3. The van der Waals surface area contributed by atoms with E-state index in [1.807, 2.05) is 0 Å². The largest absolute Gasteiger partial charge is 0.506 e. The molecule has 0 aliphatic carbocycles. The number of anilines is 2. The van der Waals surface area contributed by atoms with Gasteiger partial charge in [-0.2, -0.15) is 18.4 Å². The van der Waals surface area contributed by atoms with Crippen LogP contribution in [0.4, 0.5) is 24.5 Å². The number of phenolic OH excluding ortho intramolecular Hbond substituents is 1. The summed E-state index contributed by atoms with van der Waals surface area (Å²) in [4.78, 5) is 4.02. The topological polar surface area (TPSA) is 68.9 Å². The molecule has 0 saturated heterocycles. The lowest BCUT2D eigenvalue weighted by atomic mass is 10.0. The van der Waals surface area contributed by atoms with E-state index in [2.05, 4.69) is 10.3 Å². The predicted octanol–water partition coefficient (Wildman–Crippen LogP) is 4.57. The Bertz CT molecular complexity index is 961. The monoisotopic (exact) mass is 329 g/mol. The summed E-state index contributed by atoms with van der Waals surface area (Å²) in [7, 11) is 0. The first-order valence-electron chi connectivity index (χ1n) is 6.86. The van der Waals surface area contributed by atoms with Crippen LogP contribution >= 0.6 is 0 Å². The van der Waals surface area contributed by atoms with Crippen molar-refractivity contribution in [1.29, 1.82) is 5.26 Å². The second kappa shape index (κ2) is 5.74. The number of aromatic nitrogens is 1. The van der Waals surface area contributed by atoms with Crippen LogP contribution in [0.25, 0.3) is 10.9 Å². The Hall–Kier alpha value is -3.27. The van der Waals surface area contributed by atoms with Gasteiger partial charge in [-0.3, -0.25) is 4.98 Å². The molecule has 3 aromatic rings. The van der Waals surface area contributed by atoms with Crippen LogP contribution < -0.4 is 5.32 Å². The highest BCUT2D eigenvalue weighted by molar-refractivity contribution is 5.96. The Morgan fingerprint density at radius 1 is 1.04 bits per heavy atom. The van der Waals surface area contributed by atoms with Crippen molar-refractivity contribution in [2.24, 2.45) is 0 Å². The summed E-state index contributed by atoms with van der Waals surface area (Å²) in [6, 6.07) is 11.4. The van der Waals surface area contributed by atoms with Crippen LogP contribution in [0.1, 0.15) is 11.1 Å². The first-order chi connectivity index (χ1) is 11.4. The summed E-state index contributed by atoms with van der Waals surface area (Å²) in [6.07, 6.45) is -3.30. The number of halogens is 3. The molecule has 120 valence electrons. The molecule has 2 aromatic carbocycles. The zero-order valence-electron chi connectivity index (χ0n) is 12.1. The summed E-state index contributed by atoms with van der Waals surface area (Å²) < 4.78 is 40.0. The lowest BCUT2D eigenvalue weighted by Gasteiger charge is -2.17. The number of alkyl halides is 3. The molecule has 0 atom stereocenters. The number of nitrogens with one attached hydrogen (secondary N) is 1. The van der Waals surface area contributed by atoms with Gasteiger partial charge in [-0.1, -0.05) is 18.2 Å². The number of benzene rings is 2. The molecule has 1 heterocycles. The van der Waals surface area contributed by atoms with E-state index in [4.69, 9.17) is 5.26 Å². The summed E-state index contributed by atoms with van der Waals surface area (Å²) in [5.41, 5.74) is -1.12. The standard InChI is InChI=1S/C17H10F3N3O/c18-17(19,20)15-10(9-21)3-1-5-13(15)23-12-7-8-22-16-11(12)4-2-6-14(16)24/h1-8,24H,(H,22,23). The molecule has 0 amide bonds. The van der Waals surface area contributed by atoms with Gasteiger partial charge in [0.05, 0.1) is 22.9 Å². The third-order valence-corrected chi connectivity index (χ3v) is 3.49. The molecule has 2 N–H and O–H groups in total. The fourth-order valence-corrected chi connectivity index (χ4v) is 2.47. The molecule has 0 bridgehead atoms. The summed E-state index contributed by atoms with van der Waals surface area (Å²) in [5, 5.41) is 21.9. The first kappa shape index (κ1) is 15.6. The molecule has 0 saturated carbocycles. The van der Waals surface area contributed by atoms with E-state index >= 15 is 0 Å². The number of pyridine rings is 1. The Balaban J connectivity index is 2.17. The molecule has 0 spiro atoms. The van der Waals surface area contributed by atoms with Gasteiger partial charge >= 0.3 is 6.18 Å². The average molecular weight is 329 g/mol. The zero-order valence-corrected chi connectivity index (χ0v) is 12.1. The lowest BCUT2D eigenvalue weighted by Crippen LogP contribution is -2.11. The molecular weight excluding hydrogens is 319 g/mol. The number of para-hydroxylation sites is 1. The summed E-state index contributed by atoms with van der Waals surface area (Å²) >= 11 is 0. The van der Waals surface area contributed by atoms with Crippen LogP contribution in [0, 0.1) is 11.3 Å². The second-order valence-electron chi connectivity index (χ2n) is 4.99. The van der Waals surface area contributed by atoms with Gasteiger partial charge in [-0.15, -0.1) is 0 Å². The fourth-order valence-electron chi connectivity index (χ4n) is 2.47. The van der Waals surface area contributed by atoms with Crippen molar-refractivity contribution in [3.8, 4) is 11.8 Å². The number of hydrogen-bond acceptors (Lipinski definition) is 4. The SMILES string of the molecule is N#Cc1cccc(Nc2ccnc3c(O)cccc23)c1C(F)(F)F. The quantitative estimate of drug-likeness (QED) is 0.722.